The van der Waals surface area contributed by atoms with Crippen LogP contribution in [-0.4, -0.2) is 15.0 Å². The molecule has 6 aromatic carbocycles. The van der Waals surface area contributed by atoms with Crippen molar-refractivity contribution in [3.05, 3.63) is 191 Å². The molecule has 2 unspecified atom stereocenters. The Morgan fingerprint density at radius 3 is 1.62 bits per heavy atom. The summed E-state index contributed by atoms with van der Waals surface area (Å²) in [6.45, 7) is 2.16. The van der Waals surface area contributed by atoms with Gasteiger partial charge in [-0.3, -0.25) is 0 Å². The number of nitrogens with zero attached hydrogens (tertiary/aromatic N) is 4. The molecule has 7 heteroatoms. The van der Waals surface area contributed by atoms with Crippen molar-refractivity contribution >= 4 is 5.57 Å². The van der Waals surface area contributed by atoms with Gasteiger partial charge in [0.25, 0.3) is 0 Å². The fourth-order valence-corrected chi connectivity index (χ4v) is 7.13. The van der Waals surface area contributed by atoms with E-state index in [0.717, 1.165) is 56.6 Å². The second-order valence-corrected chi connectivity index (χ2v) is 13.2. The normalized spacial score (nSPS) is 15.3. The molecule has 0 radical (unpaired) electrons. The van der Waals surface area contributed by atoms with Crippen molar-refractivity contribution in [2.45, 2.75) is 19.0 Å². The average molecular weight is 697 g/mol. The molecule has 4 nitrogen and oxygen atoms in total. The van der Waals surface area contributed by atoms with Gasteiger partial charge in [-0.1, -0.05) is 140 Å². The van der Waals surface area contributed by atoms with Gasteiger partial charge < -0.3 is 0 Å². The number of fused-ring (bicyclic) bond motifs is 1. The van der Waals surface area contributed by atoms with Crippen molar-refractivity contribution in [3.8, 4) is 51.4 Å². The van der Waals surface area contributed by atoms with Crippen molar-refractivity contribution in [2.24, 2.45) is 5.92 Å². The maximum atomic E-state index is 13.3. The molecule has 0 bridgehead atoms. The topological polar surface area (TPSA) is 62.5 Å². The number of halogens is 3. The van der Waals surface area contributed by atoms with Gasteiger partial charge in [-0.2, -0.15) is 18.4 Å². The summed E-state index contributed by atoms with van der Waals surface area (Å²) in [4.78, 5) is 14.6. The molecule has 1 aromatic heterocycles. The van der Waals surface area contributed by atoms with E-state index in [9.17, 15) is 18.4 Å². The summed E-state index contributed by atoms with van der Waals surface area (Å²) in [5.74, 6) is 1.75. The Morgan fingerprint density at radius 1 is 0.547 bits per heavy atom. The molecule has 0 amide bonds. The maximum Gasteiger partial charge on any atom is 0.416 e. The molecule has 1 aliphatic carbocycles. The summed E-state index contributed by atoms with van der Waals surface area (Å²) in [6, 6.07) is 49.3. The van der Waals surface area contributed by atoms with Gasteiger partial charge in [0.15, 0.2) is 17.5 Å². The number of rotatable bonds is 6. The number of nitriles is 1. The fraction of sp³-hybridized carbons (Fsp3) is 0.0870. The highest BCUT2D eigenvalue weighted by atomic mass is 19.4. The third-order valence-corrected chi connectivity index (χ3v) is 9.68. The summed E-state index contributed by atoms with van der Waals surface area (Å²) >= 11 is 0. The highest BCUT2D eigenvalue weighted by Gasteiger charge is 2.31. The average Bonchev–Trinajstić information content (AvgIpc) is 3.20. The Labute approximate surface area is 305 Å². The number of alkyl halides is 3. The highest BCUT2D eigenvalue weighted by molar-refractivity contribution is 5.85. The van der Waals surface area contributed by atoms with Gasteiger partial charge in [0.1, 0.15) is 0 Å². The lowest BCUT2D eigenvalue weighted by Crippen LogP contribution is -2.17. The van der Waals surface area contributed by atoms with Crippen molar-refractivity contribution in [1.82, 2.24) is 15.0 Å². The molecule has 0 saturated heterocycles. The van der Waals surface area contributed by atoms with Crippen LogP contribution in [0.3, 0.4) is 0 Å². The first-order valence-corrected chi connectivity index (χ1v) is 17.3. The molecule has 0 N–H and O–H groups in total. The summed E-state index contributed by atoms with van der Waals surface area (Å²) in [5, 5.41) is 9.96. The van der Waals surface area contributed by atoms with E-state index in [-0.39, 0.29) is 11.8 Å². The Bertz CT molecular complexity index is 2440. The third kappa shape index (κ3) is 6.75. The van der Waals surface area contributed by atoms with Crippen LogP contribution in [-0.2, 0) is 6.18 Å². The summed E-state index contributed by atoms with van der Waals surface area (Å²) < 4.78 is 39.8. The zero-order valence-electron chi connectivity index (χ0n) is 28.6. The monoisotopic (exact) mass is 696 g/mol. The second-order valence-electron chi connectivity index (χ2n) is 13.2. The molecule has 0 spiro atoms. The smallest absolute Gasteiger partial charge is 0.208 e. The largest absolute Gasteiger partial charge is 0.416 e. The minimum Gasteiger partial charge on any atom is -0.208 e. The molecule has 256 valence electrons. The first kappa shape index (κ1) is 33.5. The van der Waals surface area contributed by atoms with Crippen LogP contribution in [0.25, 0.3) is 50.9 Å². The van der Waals surface area contributed by atoms with Gasteiger partial charge >= 0.3 is 6.18 Å². The lowest BCUT2D eigenvalue weighted by atomic mass is 9.72. The zero-order chi connectivity index (χ0) is 36.5. The molecule has 0 saturated carbocycles. The van der Waals surface area contributed by atoms with E-state index >= 15 is 0 Å². The zero-order valence-corrected chi connectivity index (χ0v) is 28.6. The SMILES string of the molecule is CC1C=C(c2ccc(-c3nc(-c4ccccc4)nc(-c4ccccc4)n3)cc2)c2ccccc2C1c1cc(C#N)cc(-c2ccc(C(F)(F)F)cc2)c1. The summed E-state index contributed by atoms with van der Waals surface area (Å²) in [5.41, 5.74) is 9.02. The van der Waals surface area contributed by atoms with Crippen LogP contribution in [0.15, 0.2) is 158 Å². The van der Waals surface area contributed by atoms with E-state index in [1.807, 2.05) is 97.1 Å². The molecule has 8 rings (SSSR count). The molecule has 0 fully saturated rings. The minimum absolute atomic E-state index is 0.0411. The lowest BCUT2D eigenvalue weighted by molar-refractivity contribution is -0.137. The van der Waals surface area contributed by atoms with Crippen LogP contribution in [0, 0.1) is 17.2 Å². The van der Waals surface area contributed by atoms with Gasteiger partial charge in [0, 0.05) is 22.6 Å². The van der Waals surface area contributed by atoms with Crippen LogP contribution in [0.5, 0.6) is 0 Å². The van der Waals surface area contributed by atoms with Gasteiger partial charge in [0.05, 0.1) is 17.2 Å². The van der Waals surface area contributed by atoms with Crippen LogP contribution >= 0.6 is 0 Å². The molecule has 2 atom stereocenters. The Hall–Kier alpha value is -6.65. The second kappa shape index (κ2) is 13.8. The number of hydrogen-bond acceptors (Lipinski definition) is 4. The Kier molecular flexibility index (Phi) is 8.73. The molecular weight excluding hydrogens is 666 g/mol. The van der Waals surface area contributed by atoms with E-state index in [1.165, 1.54) is 12.1 Å². The van der Waals surface area contributed by atoms with Crippen LogP contribution in [0.4, 0.5) is 13.2 Å². The third-order valence-electron chi connectivity index (χ3n) is 9.68. The van der Waals surface area contributed by atoms with Crippen LogP contribution < -0.4 is 0 Å². The minimum atomic E-state index is -4.42. The Morgan fingerprint density at radius 2 is 1.06 bits per heavy atom. The van der Waals surface area contributed by atoms with E-state index in [4.69, 9.17) is 15.0 Å². The van der Waals surface area contributed by atoms with Crippen molar-refractivity contribution in [1.29, 1.82) is 5.26 Å². The predicted octanol–water partition coefficient (Wildman–Crippen LogP) is 11.6. The molecular formula is C46H31F3N4. The van der Waals surface area contributed by atoms with Crippen LogP contribution in [0.1, 0.15) is 46.2 Å². The number of benzene rings is 6. The van der Waals surface area contributed by atoms with E-state index < -0.39 is 11.7 Å². The first-order chi connectivity index (χ1) is 25.7. The highest BCUT2D eigenvalue weighted by Crippen LogP contribution is 2.45. The predicted molar refractivity (Wildman–Crippen MR) is 202 cm³/mol. The van der Waals surface area contributed by atoms with Crippen molar-refractivity contribution in [3.63, 3.8) is 0 Å². The first-order valence-electron chi connectivity index (χ1n) is 17.3. The summed E-state index contributed by atoms with van der Waals surface area (Å²) in [7, 11) is 0. The van der Waals surface area contributed by atoms with Gasteiger partial charge in [0.2, 0.25) is 0 Å². The molecule has 7 aromatic rings. The van der Waals surface area contributed by atoms with E-state index in [0.29, 0.717) is 34.2 Å². The number of allylic oxidation sites excluding steroid dienone is 1. The van der Waals surface area contributed by atoms with Crippen molar-refractivity contribution in [2.75, 3.05) is 0 Å². The van der Waals surface area contributed by atoms with Crippen LogP contribution in [0.2, 0.25) is 0 Å². The van der Waals surface area contributed by atoms with E-state index in [1.54, 1.807) is 6.07 Å². The van der Waals surface area contributed by atoms with Gasteiger partial charge in [-0.05, 0) is 69.1 Å². The quantitative estimate of drug-likeness (QED) is 0.174. The molecule has 1 aliphatic rings. The van der Waals surface area contributed by atoms with Crippen molar-refractivity contribution < 1.29 is 13.2 Å². The van der Waals surface area contributed by atoms with E-state index in [2.05, 4.69) is 43.3 Å². The van der Waals surface area contributed by atoms with Gasteiger partial charge in [-0.25, -0.2) is 15.0 Å². The van der Waals surface area contributed by atoms with Gasteiger partial charge in [-0.15, -0.1) is 0 Å². The Balaban J connectivity index is 1.15. The molecule has 0 aliphatic heterocycles. The number of aromatic nitrogens is 3. The maximum absolute atomic E-state index is 13.3. The molecule has 53 heavy (non-hydrogen) atoms. The summed E-state index contributed by atoms with van der Waals surface area (Å²) in [6.07, 6.45) is -2.16. The fourth-order valence-electron chi connectivity index (χ4n) is 7.13. The standard InChI is InChI=1S/C46H31F3N4/c1-29-24-41(32-16-18-35(19-17-32)45-52-43(33-10-4-2-5-11-33)51-44(53-45)34-12-6-3-7-13-34)39-14-8-9-15-40(39)42(29)37-26-30(28-50)25-36(27-37)31-20-22-38(23-21-31)46(47,48)49/h2-27,29,42H,1H3. The number of hydrogen-bond donors (Lipinski definition) is 0. The lowest BCUT2D eigenvalue weighted by Gasteiger charge is -2.32. The molecule has 1 heterocycles.